The van der Waals surface area contributed by atoms with E-state index in [9.17, 15) is 9.59 Å². The SMILES string of the molecule is CCC(N)C(c1sccc1C)N1CC(=O)NC(=O)C1. The Bertz CT molecular complexity index is 470. The number of hydrogen-bond acceptors (Lipinski definition) is 5. The molecule has 104 valence electrons. The Morgan fingerprint density at radius 1 is 1.42 bits per heavy atom. The van der Waals surface area contributed by atoms with Crippen LogP contribution in [0.5, 0.6) is 0 Å². The first-order valence-electron chi connectivity index (χ1n) is 6.39. The molecule has 1 aliphatic heterocycles. The standard InChI is InChI=1S/C13H19N3O2S/c1-3-9(14)12(13-8(2)4-5-19-13)16-6-10(17)15-11(18)7-16/h4-5,9,12H,3,6-7,14H2,1-2H3,(H,15,17,18). The molecule has 1 aliphatic rings. The highest BCUT2D eigenvalue weighted by Gasteiger charge is 2.33. The van der Waals surface area contributed by atoms with E-state index in [-0.39, 0.29) is 37.0 Å². The molecule has 2 rings (SSSR count). The number of amides is 2. The summed E-state index contributed by atoms with van der Waals surface area (Å²) in [5, 5.41) is 4.34. The number of piperazine rings is 1. The maximum Gasteiger partial charge on any atom is 0.240 e. The molecular weight excluding hydrogens is 262 g/mol. The first-order valence-corrected chi connectivity index (χ1v) is 7.27. The highest BCUT2D eigenvalue weighted by atomic mass is 32.1. The average Bonchev–Trinajstić information content (AvgIpc) is 2.74. The monoisotopic (exact) mass is 281 g/mol. The van der Waals surface area contributed by atoms with E-state index in [1.54, 1.807) is 11.3 Å². The van der Waals surface area contributed by atoms with Crippen molar-refractivity contribution in [3.63, 3.8) is 0 Å². The molecule has 0 aromatic carbocycles. The van der Waals surface area contributed by atoms with E-state index >= 15 is 0 Å². The lowest BCUT2D eigenvalue weighted by atomic mass is 10.00. The Morgan fingerprint density at radius 3 is 2.53 bits per heavy atom. The Morgan fingerprint density at radius 2 is 2.05 bits per heavy atom. The van der Waals surface area contributed by atoms with E-state index in [0.29, 0.717) is 0 Å². The molecule has 6 heteroatoms. The summed E-state index contributed by atoms with van der Waals surface area (Å²) in [4.78, 5) is 26.1. The molecular formula is C13H19N3O2S. The summed E-state index contributed by atoms with van der Waals surface area (Å²) >= 11 is 1.63. The van der Waals surface area contributed by atoms with E-state index < -0.39 is 0 Å². The first kappa shape index (κ1) is 14.2. The summed E-state index contributed by atoms with van der Waals surface area (Å²) in [6, 6.07) is 1.89. The molecule has 19 heavy (non-hydrogen) atoms. The lowest BCUT2D eigenvalue weighted by molar-refractivity contribution is -0.137. The fourth-order valence-electron chi connectivity index (χ4n) is 2.40. The predicted octanol–water partition coefficient (Wildman–Crippen LogP) is 0.793. The molecule has 3 N–H and O–H groups in total. The van der Waals surface area contributed by atoms with Crippen molar-refractivity contribution >= 4 is 23.2 Å². The van der Waals surface area contributed by atoms with Crippen molar-refractivity contribution < 1.29 is 9.59 Å². The second-order valence-electron chi connectivity index (χ2n) is 4.86. The molecule has 2 amide bonds. The van der Waals surface area contributed by atoms with Crippen LogP contribution in [0.4, 0.5) is 0 Å². The summed E-state index contributed by atoms with van der Waals surface area (Å²) in [6.07, 6.45) is 0.800. The quantitative estimate of drug-likeness (QED) is 0.800. The number of imide groups is 1. The zero-order valence-corrected chi connectivity index (χ0v) is 12.0. The van der Waals surface area contributed by atoms with Crippen LogP contribution in [0.1, 0.15) is 29.8 Å². The number of nitrogens with zero attached hydrogens (tertiary/aromatic N) is 1. The minimum Gasteiger partial charge on any atom is -0.326 e. The van der Waals surface area contributed by atoms with Gasteiger partial charge in [0.1, 0.15) is 0 Å². The van der Waals surface area contributed by atoms with Gasteiger partial charge in [-0.1, -0.05) is 6.92 Å². The third kappa shape index (κ3) is 3.02. The first-order chi connectivity index (χ1) is 9.02. The number of nitrogens with two attached hydrogens (primary N) is 1. The molecule has 1 aromatic rings. The van der Waals surface area contributed by atoms with E-state index in [2.05, 4.69) is 5.32 Å². The maximum absolute atomic E-state index is 11.5. The molecule has 0 spiro atoms. The Labute approximate surface area is 116 Å². The van der Waals surface area contributed by atoms with Crippen molar-refractivity contribution in [1.29, 1.82) is 0 Å². The number of aryl methyl sites for hydroxylation is 1. The molecule has 2 unspecified atom stereocenters. The van der Waals surface area contributed by atoms with Crippen molar-refractivity contribution in [2.24, 2.45) is 5.73 Å². The molecule has 1 fully saturated rings. The van der Waals surface area contributed by atoms with E-state index in [4.69, 9.17) is 5.73 Å². The van der Waals surface area contributed by atoms with Gasteiger partial charge in [-0.2, -0.15) is 0 Å². The number of rotatable bonds is 4. The van der Waals surface area contributed by atoms with Gasteiger partial charge in [0, 0.05) is 10.9 Å². The lowest BCUT2D eigenvalue weighted by Crippen LogP contribution is -2.55. The van der Waals surface area contributed by atoms with Crippen LogP contribution in [0.3, 0.4) is 0 Å². The van der Waals surface area contributed by atoms with Crippen LogP contribution in [0.15, 0.2) is 11.4 Å². The Hall–Kier alpha value is -1.24. The van der Waals surface area contributed by atoms with Gasteiger partial charge in [0.25, 0.3) is 0 Å². The summed E-state index contributed by atoms with van der Waals surface area (Å²) in [5.74, 6) is -0.502. The number of hydrogen-bond donors (Lipinski definition) is 2. The third-order valence-corrected chi connectivity index (χ3v) is 4.50. The van der Waals surface area contributed by atoms with Crippen molar-refractivity contribution in [3.8, 4) is 0 Å². The van der Waals surface area contributed by atoms with Crippen molar-refractivity contribution in [2.45, 2.75) is 32.4 Å². The van der Waals surface area contributed by atoms with Gasteiger partial charge >= 0.3 is 0 Å². The zero-order valence-electron chi connectivity index (χ0n) is 11.2. The molecule has 1 aromatic heterocycles. The lowest BCUT2D eigenvalue weighted by Gasteiger charge is -2.36. The number of carbonyl (C=O) groups is 2. The van der Waals surface area contributed by atoms with Gasteiger partial charge in [-0.25, -0.2) is 0 Å². The van der Waals surface area contributed by atoms with Crippen LogP contribution >= 0.6 is 11.3 Å². The number of carbonyl (C=O) groups excluding carboxylic acids is 2. The van der Waals surface area contributed by atoms with Crippen molar-refractivity contribution in [1.82, 2.24) is 10.2 Å². The van der Waals surface area contributed by atoms with Crippen LogP contribution < -0.4 is 11.1 Å². The summed E-state index contributed by atoms with van der Waals surface area (Å²) in [7, 11) is 0. The molecule has 0 saturated carbocycles. The Balaban J connectivity index is 2.30. The minimum absolute atomic E-state index is 0.0694. The molecule has 1 saturated heterocycles. The summed E-state index contributed by atoms with van der Waals surface area (Å²) in [5.41, 5.74) is 7.39. The van der Waals surface area contributed by atoms with Crippen molar-refractivity contribution in [2.75, 3.05) is 13.1 Å². The van der Waals surface area contributed by atoms with Gasteiger partial charge in [0.05, 0.1) is 19.1 Å². The molecule has 5 nitrogen and oxygen atoms in total. The summed E-state index contributed by atoms with van der Waals surface area (Å²) in [6.45, 7) is 4.50. The molecule has 0 bridgehead atoms. The smallest absolute Gasteiger partial charge is 0.240 e. The summed E-state index contributed by atoms with van der Waals surface area (Å²) < 4.78 is 0. The molecule has 0 aliphatic carbocycles. The maximum atomic E-state index is 11.5. The zero-order chi connectivity index (χ0) is 14.0. The van der Waals surface area contributed by atoms with Gasteiger partial charge in [-0.3, -0.25) is 19.8 Å². The van der Waals surface area contributed by atoms with E-state index in [1.807, 2.05) is 30.2 Å². The van der Waals surface area contributed by atoms with Gasteiger partial charge in [-0.15, -0.1) is 11.3 Å². The van der Waals surface area contributed by atoms with Crippen molar-refractivity contribution in [3.05, 3.63) is 21.9 Å². The topological polar surface area (TPSA) is 75.4 Å². The predicted molar refractivity (Wildman–Crippen MR) is 74.8 cm³/mol. The van der Waals surface area contributed by atoms with Gasteiger partial charge in [0.15, 0.2) is 0 Å². The van der Waals surface area contributed by atoms with Gasteiger partial charge in [0.2, 0.25) is 11.8 Å². The third-order valence-electron chi connectivity index (χ3n) is 3.41. The molecule has 0 radical (unpaired) electrons. The highest BCUT2D eigenvalue weighted by Crippen LogP contribution is 2.32. The van der Waals surface area contributed by atoms with Crippen LogP contribution in [0.2, 0.25) is 0 Å². The van der Waals surface area contributed by atoms with E-state index in [1.165, 1.54) is 0 Å². The molecule has 2 atom stereocenters. The van der Waals surface area contributed by atoms with Gasteiger partial charge < -0.3 is 5.73 Å². The highest BCUT2D eigenvalue weighted by molar-refractivity contribution is 7.10. The number of thiophene rings is 1. The van der Waals surface area contributed by atoms with Crippen LogP contribution in [-0.4, -0.2) is 35.8 Å². The van der Waals surface area contributed by atoms with Crippen LogP contribution in [-0.2, 0) is 9.59 Å². The van der Waals surface area contributed by atoms with Crippen LogP contribution in [0.25, 0.3) is 0 Å². The normalized spacial score (nSPS) is 20.2. The minimum atomic E-state index is -0.251. The number of nitrogens with one attached hydrogen (secondary N) is 1. The van der Waals surface area contributed by atoms with E-state index in [0.717, 1.165) is 16.9 Å². The van der Waals surface area contributed by atoms with Crippen LogP contribution in [0, 0.1) is 6.92 Å². The second kappa shape index (κ2) is 5.81. The van der Waals surface area contributed by atoms with Gasteiger partial charge in [-0.05, 0) is 30.4 Å². The Kier molecular flexibility index (Phi) is 4.34. The fraction of sp³-hybridized carbons (Fsp3) is 0.538. The molecule has 2 heterocycles. The second-order valence-corrected chi connectivity index (χ2v) is 5.81. The fourth-order valence-corrected chi connectivity index (χ4v) is 3.53. The average molecular weight is 281 g/mol. The largest absolute Gasteiger partial charge is 0.326 e.